The van der Waals surface area contributed by atoms with E-state index in [1.54, 1.807) is 43.3 Å². The van der Waals surface area contributed by atoms with Crippen molar-refractivity contribution in [1.82, 2.24) is 9.88 Å². The predicted molar refractivity (Wildman–Crippen MR) is 74.2 cm³/mol. The number of rotatable bonds is 3. The van der Waals surface area contributed by atoms with Crippen LogP contribution in [0.1, 0.15) is 43.5 Å². The number of pyridine rings is 1. The molecule has 1 aromatic rings. The Hall–Kier alpha value is -1.91. The van der Waals surface area contributed by atoms with Crippen LogP contribution in [0.3, 0.4) is 0 Å². The molecule has 0 bridgehead atoms. The maximum absolute atomic E-state index is 12.6. The van der Waals surface area contributed by atoms with E-state index in [4.69, 9.17) is 4.74 Å². The molecule has 0 aliphatic carbocycles. The number of ether oxygens (including phenoxy) is 1. The van der Waals surface area contributed by atoms with E-state index in [-0.39, 0.29) is 11.9 Å². The molecule has 0 spiro atoms. The molecular weight excluding hydrogens is 256 g/mol. The molecule has 1 aliphatic heterocycles. The minimum atomic E-state index is -0.866. The molecule has 1 fully saturated rings. The summed E-state index contributed by atoms with van der Waals surface area (Å²) in [6, 6.07) is 3.34. The molecule has 0 aromatic carbocycles. The maximum atomic E-state index is 12.6. The topological polar surface area (TPSA) is 59.5 Å². The average Bonchev–Trinajstić information content (AvgIpc) is 2.48. The van der Waals surface area contributed by atoms with E-state index in [0.717, 1.165) is 12.8 Å². The Morgan fingerprint density at radius 1 is 1.35 bits per heavy atom. The first-order valence-electron chi connectivity index (χ1n) is 6.99. The van der Waals surface area contributed by atoms with Gasteiger partial charge in [-0.25, -0.2) is 4.79 Å². The molecule has 2 rings (SSSR count). The SMILES string of the molecule is CCOC(=O)C1(C)CCCCN1C(=O)c1ccncc1. The number of likely N-dealkylation sites (tertiary alicyclic amines) is 1. The lowest BCUT2D eigenvalue weighted by molar-refractivity contribution is -0.157. The van der Waals surface area contributed by atoms with Crippen LogP contribution in [0.4, 0.5) is 0 Å². The summed E-state index contributed by atoms with van der Waals surface area (Å²) >= 11 is 0. The largest absolute Gasteiger partial charge is 0.464 e. The quantitative estimate of drug-likeness (QED) is 0.793. The molecule has 5 heteroatoms. The number of esters is 1. The van der Waals surface area contributed by atoms with Crippen LogP contribution in [-0.2, 0) is 9.53 Å². The van der Waals surface area contributed by atoms with Gasteiger partial charge < -0.3 is 9.64 Å². The van der Waals surface area contributed by atoms with E-state index in [9.17, 15) is 9.59 Å². The van der Waals surface area contributed by atoms with Gasteiger partial charge in [0.25, 0.3) is 5.91 Å². The Morgan fingerprint density at radius 2 is 2.05 bits per heavy atom. The molecule has 108 valence electrons. The lowest BCUT2D eigenvalue weighted by atomic mass is 9.87. The number of carbonyl (C=O) groups is 2. The van der Waals surface area contributed by atoms with Crippen LogP contribution >= 0.6 is 0 Å². The van der Waals surface area contributed by atoms with Crippen molar-refractivity contribution in [3.05, 3.63) is 30.1 Å². The van der Waals surface area contributed by atoms with Gasteiger partial charge in [-0.15, -0.1) is 0 Å². The second-order valence-electron chi connectivity index (χ2n) is 5.14. The number of aromatic nitrogens is 1. The first-order chi connectivity index (χ1) is 9.59. The molecule has 1 atom stereocenters. The summed E-state index contributed by atoms with van der Waals surface area (Å²) < 4.78 is 5.16. The molecule has 1 aromatic heterocycles. The zero-order valence-electron chi connectivity index (χ0n) is 12.0. The first-order valence-corrected chi connectivity index (χ1v) is 6.99. The van der Waals surface area contributed by atoms with Crippen LogP contribution in [0.5, 0.6) is 0 Å². The fourth-order valence-corrected chi connectivity index (χ4v) is 2.60. The monoisotopic (exact) mass is 276 g/mol. The number of hydrogen-bond donors (Lipinski definition) is 0. The van der Waals surface area contributed by atoms with Crippen LogP contribution < -0.4 is 0 Å². The van der Waals surface area contributed by atoms with Crippen molar-refractivity contribution in [2.45, 2.75) is 38.6 Å². The first kappa shape index (κ1) is 14.5. The van der Waals surface area contributed by atoms with E-state index >= 15 is 0 Å². The zero-order chi connectivity index (χ0) is 14.6. The molecule has 1 unspecified atom stereocenters. The van der Waals surface area contributed by atoms with Crippen LogP contribution in [0, 0.1) is 0 Å². The van der Waals surface area contributed by atoms with Crippen LogP contribution in [0.15, 0.2) is 24.5 Å². The van der Waals surface area contributed by atoms with Gasteiger partial charge in [-0.05, 0) is 45.2 Å². The van der Waals surface area contributed by atoms with Crippen molar-refractivity contribution in [3.8, 4) is 0 Å². The molecule has 20 heavy (non-hydrogen) atoms. The molecular formula is C15H20N2O3. The summed E-state index contributed by atoms with van der Waals surface area (Å²) in [6.45, 7) is 4.48. The summed E-state index contributed by atoms with van der Waals surface area (Å²) in [6.07, 6.45) is 5.64. The summed E-state index contributed by atoms with van der Waals surface area (Å²) in [5, 5.41) is 0. The molecule has 1 aliphatic rings. The van der Waals surface area contributed by atoms with Crippen molar-refractivity contribution in [2.24, 2.45) is 0 Å². The van der Waals surface area contributed by atoms with Crippen LogP contribution in [-0.4, -0.2) is 40.5 Å². The van der Waals surface area contributed by atoms with E-state index < -0.39 is 5.54 Å². The van der Waals surface area contributed by atoms with Crippen molar-refractivity contribution >= 4 is 11.9 Å². The second-order valence-corrected chi connectivity index (χ2v) is 5.14. The third kappa shape index (κ3) is 2.66. The lowest BCUT2D eigenvalue weighted by Crippen LogP contribution is -2.58. The van der Waals surface area contributed by atoms with Crippen LogP contribution in [0.25, 0.3) is 0 Å². The maximum Gasteiger partial charge on any atom is 0.331 e. The third-order valence-electron chi connectivity index (χ3n) is 3.78. The average molecular weight is 276 g/mol. The Bertz CT molecular complexity index is 489. The van der Waals surface area contributed by atoms with Gasteiger partial charge in [0.1, 0.15) is 5.54 Å². The zero-order valence-corrected chi connectivity index (χ0v) is 12.0. The minimum absolute atomic E-state index is 0.136. The van der Waals surface area contributed by atoms with Crippen molar-refractivity contribution < 1.29 is 14.3 Å². The van der Waals surface area contributed by atoms with Gasteiger partial charge >= 0.3 is 5.97 Å². The van der Waals surface area contributed by atoms with E-state index in [1.165, 1.54) is 0 Å². The molecule has 5 nitrogen and oxygen atoms in total. The van der Waals surface area contributed by atoms with Gasteiger partial charge in [0.15, 0.2) is 0 Å². The van der Waals surface area contributed by atoms with Crippen molar-refractivity contribution in [3.63, 3.8) is 0 Å². The lowest BCUT2D eigenvalue weighted by Gasteiger charge is -2.42. The minimum Gasteiger partial charge on any atom is -0.464 e. The summed E-state index contributed by atoms with van der Waals surface area (Å²) in [7, 11) is 0. The standard InChI is InChI=1S/C15H20N2O3/c1-3-20-14(19)15(2)8-4-5-11-17(15)13(18)12-6-9-16-10-7-12/h6-7,9-10H,3-5,8,11H2,1-2H3. The number of nitrogens with zero attached hydrogens (tertiary/aromatic N) is 2. The number of piperidine rings is 1. The van der Waals surface area contributed by atoms with Gasteiger partial charge in [0, 0.05) is 24.5 Å². The fourth-order valence-electron chi connectivity index (χ4n) is 2.60. The number of carbonyl (C=O) groups excluding carboxylic acids is 2. The highest BCUT2D eigenvalue weighted by atomic mass is 16.5. The summed E-state index contributed by atoms with van der Waals surface area (Å²) in [5.41, 5.74) is -0.313. The Kier molecular flexibility index (Phi) is 4.37. The predicted octanol–water partition coefficient (Wildman–Crippen LogP) is 2.03. The normalized spacial score (nSPS) is 22.4. The highest BCUT2D eigenvalue weighted by Crippen LogP contribution is 2.30. The van der Waals surface area contributed by atoms with Crippen LogP contribution in [0.2, 0.25) is 0 Å². The fraction of sp³-hybridized carbons (Fsp3) is 0.533. The Labute approximate surface area is 118 Å². The molecule has 2 heterocycles. The van der Waals surface area contributed by atoms with Gasteiger partial charge in [-0.1, -0.05) is 0 Å². The summed E-state index contributed by atoms with van der Waals surface area (Å²) in [4.78, 5) is 30.4. The van der Waals surface area contributed by atoms with Gasteiger partial charge in [-0.2, -0.15) is 0 Å². The molecule has 0 saturated carbocycles. The van der Waals surface area contributed by atoms with E-state index in [0.29, 0.717) is 25.1 Å². The van der Waals surface area contributed by atoms with E-state index in [2.05, 4.69) is 4.98 Å². The molecule has 0 N–H and O–H groups in total. The summed E-state index contributed by atoms with van der Waals surface area (Å²) in [5.74, 6) is -0.454. The molecule has 1 saturated heterocycles. The number of amides is 1. The van der Waals surface area contributed by atoms with Gasteiger partial charge in [0.05, 0.1) is 6.61 Å². The van der Waals surface area contributed by atoms with Crippen molar-refractivity contribution in [2.75, 3.05) is 13.2 Å². The Morgan fingerprint density at radius 3 is 2.70 bits per heavy atom. The third-order valence-corrected chi connectivity index (χ3v) is 3.78. The Balaban J connectivity index is 2.27. The molecule has 1 amide bonds. The number of hydrogen-bond acceptors (Lipinski definition) is 4. The molecule has 0 radical (unpaired) electrons. The highest BCUT2D eigenvalue weighted by Gasteiger charge is 2.45. The van der Waals surface area contributed by atoms with Gasteiger partial charge in [-0.3, -0.25) is 9.78 Å². The van der Waals surface area contributed by atoms with E-state index in [1.807, 2.05) is 0 Å². The smallest absolute Gasteiger partial charge is 0.331 e. The van der Waals surface area contributed by atoms with Gasteiger partial charge in [0.2, 0.25) is 0 Å². The van der Waals surface area contributed by atoms with Crippen molar-refractivity contribution in [1.29, 1.82) is 0 Å². The second kappa shape index (κ2) is 6.03. The highest BCUT2D eigenvalue weighted by molar-refractivity contribution is 5.98.